The first-order valence-corrected chi connectivity index (χ1v) is 9.48. The summed E-state index contributed by atoms with van der Waals surface area (Å²) in [5, 5.41) is 6.70. The molecule has 0 aromatic heterocycles. The summed E-state index contributed by atoms with van der Waals surface area (Å²) in [6, 6.07) is 12.6. The molecule has 2 aromatic rings. The zero-order chi connectivity index (χ0) is 19.8. The molecule has 4 rings (SSSR count). The third kappa shape index (κ3) is 3.11. The lowest BCUT2D eigenvalue weighted by Gasteiger charge is -2.31. The van der Waals surface area contributed by atoms with Gasteiger partial charge in [-0.3, -0.25) is 9.80 Å². The maximum atomic E-state index is 14.7. The molecule has 2 atom stereocenters. The Balaban J connectivity index is 1.84. The number of ketones is 1. The fourth-order valence-corrected chi connectivity index (χ4v) is 4.31. The van der Waals surface area contributed by atoms with E-state index in [0.29, 0.717) is 5.56 Å². The number of allylic oxidation sites excluding steroid dienone is 2. The number of rotatable bonds is 4. The summed E-state index contributed by atoms with van der Waals surface area (Å²) in [7, 11) is 1.66. The molecule has 0 unspecified atom stereocenters. The lowest BCUT2D eigenvalue weighted by atomic mass is 9.77. The summed E-state index contributed by atoms with van der Waals surface area (Å²) >= 11 is 0. The molecule has 2 aromatic carbocycles. The molecule has 4 nitrogen and oxygen atoms in total. The van der Waals surface area contributed by atoms with E-state index >= 15 is 0 Å². The van der Waals surface area contributed by atoms with Gasteiger partial charge in [0.1, 0.15) is 11.6 Å². The zero-order valence-electron chi connectivity index (χ0n) is 16.3. The minimum absolute atomic E-state index is 0.0509. The molecule has 0 N–H and O–H groups in total. The normalized spacial score (nSPS) is 21.1. The number of benzene rings is 2. The van der Waals surface area contributed by atoms with Crippen molar-refractivity contribution in [1.29, 1.82) is 0 Å². The van der Waals surface area contributed by atoms with Crippen LogP contribution in [0.3, 0.4) is 0 Å². The minimum Gasteiger partial charge on any atom is -0.497 e. The number of hydrazone groups is 1. The molecule has 1 aliphatic heterocycles. The van der Waals surface area contributed by atoms with Gasteiger partial charge in [-0.2, -0.15) is 5.10 Å². The molecule has 1 heterocycles. The number of nitrogens with zero attached hydrogens (tertiary/aromatic N) is 2. The van der Waals surface area contributed by atoms with Gasteiger partial charge in [-0.05, 0) is 56.5 Å². The van der Waals surface area contributed by atoms with Crippen molar-refractivity contribution in [3.05, 3.63) is 76.7 Å². The van der Waals surface area contributed by atoms with Crippen molar-refractivity contribution in [3.8, 4) is 5.75 Å². The molecule has 0 spiro atoms. The summed E-state index contributed by atoms with van der Waals surface area (Å²) in [4.78, 5) is 11.7. The highest BCUT2D eigenvalue weighted by Crippen LogP contribution is 2.45. The van der Waals surface area contributed by atoms with Crippen molar-refractivity contribution in [2.75, 3.05) is 7.11 Å². The van der Waals surface area contributed by atoms with Crippen LogP contribution in [0.1, 0.15) is 43.0 Å². The fraction of sp³-hybridized carbons (Fsp3) is 0.304. The quantitative estimate of drug-likeness (QED) is 0.727. The second-order valence-electron chi connectivity index (χ2n) is 7.36. The molecular formula is C23H23FN2O2. The first-order valence-electron chi connectivity index (χ1n) is 9.48. The average Bonchev–Trinajstić information content (AvgIpc) is 3.07. The van der Waals surface area contributed by atoms with Crippen molar-refractivity contribution >= 4 is 11.5 Å². The number of methoxy groups -OCH3 is 1. The van der Waals surface area contributed by atoms with E-state index in [0.717, 1.165) is 35.6 Å². The molecule has 5 heteroatoms. The number of carbonyl (C=O) groups is 1. The maximum absolute atomic E-state index is 14.7. The Bertz CT molecular complexity index is 996. The summed E-state index contributed by atoms with van der Waals surface area (Å²) < 4.78 is 20.1. The molecule has 0 bridgehead atoms. The van der Waals surface area contributed by atoms with Gasteiger partial charge in [-0.25, -0.2) is 4.39 Å². The fourth-order valence-electron chi connectivity index (χ4n) is 4.31. The van der Waals surface area contributed by atoms with E-state index in [2.05, 4.69) is 0 Å². The van der Waals surface area contributed by atoms with E-state index < -0.39 is 0 Å². The lowest BCUT2D eigenvalue weighted by Crippen LogP contribution is -2.29. The lowest BCUT2D eigenvalue weighted by molar-refractivity contribution is -0.112. The second kappa shape index (κ2) is 7.23. The molecule has 0 amide bonds. The Labute approximate surface area is 164 Å². The van der Waals surface area contributed by atoms with Gasteiger partial charge in [0.05, 0.1) is 18.9 Å². The average molecular weight is 378 g/mol. The summed E-state index contributed by atoms with van der Waals surface area (Å²) in [5.74, 6) is 0.592. The van der Waals surface area contributed by atoms with Crippen molar-refractivity contribution in [2.24, 2.45) is 11.0 Å². The van der Waals surface area contributed by atoms with Crippen LogP contribution in [-0.2, 0) is 11.2 Å². The van der Waals surface area contributed by atoms with E-state index in [1.165, 1.54) is 18.6 Å². The van der Waals surface area contributed by atoms with Gasteiger partial charge in [0.2, 0.25) is 0 Å². The van der Waals surface area contributed by atoms with Gasteiger partial charge in [0, 0.05) is 28.8 Å². The van der Waals surface area contributed by atoms with E-state index in [-0.39, 0.29) is 23.6 Å². The summed E-state index contributed by atoms with van der Waals surface area (Å²) in [6.45, 7) is 3.37. The van der Waals surface area contributed by atoms with Crippen molar-refractivity contribution in [2.45, 2.75) is 32.7 Å². The van der Waals surface area contributed by atoms with Gasteiger partial charge >= 0.3 is 0 Å². The van der Waals surface area contributed by atoms with E-state index in [1.54, 1.807) is 19.3 Å². The van der Waals surface area contributed by atoms with Gasteiger partial charge in [0.15, 0.2) is 5.78 Å². The predicted molar refractivity (Wildman–Crippen MR) is 107 cm³/mol. The Hall–Kier alpha value is -2.95. The van der Waals surface area contributed by atoms with Crippen molar-refractivity contribution < 1.29 is 13.9 Å². The number of ether oxygens (including phenoxy) is 1. The molecule has 0 saturated heterocycles. The third-order valence-corrected chi connectivity index (χ3v) is 5.52. The van der Waals surface area contributed by atoms with Crippen LogP contribution in [0.15, 0.2) is 59.3 Å². The first-order chi connectivity index (χ1) is 13.5. The van der Waals surface area contributed by atoms with Crippen LogP contribution in [0.25, 0.3) is 0 Å². The molecule has 28 heavy (non-hydrogen) atoms. The van der Waals surface area contributed by atoms with Crippen LogP contribution in [0.4, 0.5) is 4.39 Å². The van der Waals surface area contributed by atoms with Crippen molar-refractivity contribution in [3.63, 3.8) is 0 Å². The summed E-state index contributed by atoms with van der Waals surface area (Å²) in [6.07, 6.45) is 3.30. The SMILES string of the molecule is COc1ccc2c(c1)CC[C@@H]1C2=NN(C(C)=CC(C)=O)[C@@H]1c1ccccc1F. The number of aryl methyl sites for hydroxylation is 1. The number of halogens is 1. The van der Waals surface area contributed by atoms with Crippen LogP contribution in [-0.4, -0.2) is 23.6 Å². The molecule has 0 fully saturated rings. The highest BCUT2D eigenvalue weighted by atomic mass is 19.1. The summed E-state index contributed by atoms with van der Waals surface area (Å²) in [5.41, 5.74) is 4.55. The minimum atomic E-state index is -0.262. The Morgan fingerprint density at radius 2 is 2.04 bits per heavy atom. The second-order valence-corrected chi connectivity index (χ2v) is 7.36. The Morgan fingerprint density at radius 1 is 1.25 bits per heavy atom. The van der Waals surface area contributed by atoms with Crippen LogP contribution < -0.4 is 4.74 Å². The molecule has 0 radical (unpaired) electrons. The monoisotopic (exact) mass is 378 g/mol. The highest BCUT2D eigenvalue weighted by Gasteiger charge is 2.43. The topological polar surface area (TPSA) is 41.9 Å². The van der Waals surface area contributed by atoms with Gasteiger partial charge in [-0.15, -0.1) is 0 Å². The van der Waals surface area contributed by atoms with E-state index in [4.69, 9.17) is 9.84 Å². The van der Waals surface area contributed by atoms with Crippen LogP contribution in [0, 0.1) is 11.7 Å². The molecule has 144 valence electrons. The number of hydrogen-bond donors (Lipinski definition) is 0. The number of hydrogen-bond acceptors (Lipinski definition) is 4. The highest BCUT2D eigenvalue weighted by molar-refractivity contribution is 6.06. The standard InChI is InChI=1S/C23H23FN2O2/c1-14(12-15(2)27)26-23(19-6-4-5-7-21(19)24)20-10-8-16-13-17(28-3)9-11-18(16)22(20)25-26/h4-7,9,11-13,20,23H,8,10H2,1-3H3/t20-,23-/m1/s1. The van der Waals surface area contributed by atoms with Gasteiger partial charge in [-0.1, -0.05) is 18.2 Å². The van der Waals surface area contributed by atoms with Gasteiger partial charge in [0.25, 0.3) is 0 Å². The smallest absolute Gasteiger partial charge is 0.154 e. The van der Waals surface area contributed by atoms with Gasteiger partial charge < -0.3 is 4.74 Å². The molecule has 1 aliphatic carbocycles. The third-order valence-electron chi connectivity index (χ3n) is 5.52. The Kier molecular flexibility index (Phi) is 4.75. The predicted octanol–water partition coefficient (Wildman–Crippen LogP) is 4.65. The molecule has 2 aliphatic rings. The first kappa shape index (κ1) is 18.4. The number of carbonyl (C=O) groups excluding carboxylic acids is 1. The maximum Gasteiger partial charge on any atom is 0.154 e. The molecular weight excluding hydrogens is 355 g/mol. The van der Waals surface area contributed by atoms with E-state index in [9.17, 15) is 9.18 Å². The van der Waals surface area contributed by atoms with Crippen molar-refractivity contribution in [1.82, 2.24) is 5.01 Å². The zero-order valence-corrected chi connectivity index (χ0v) is 16.3. The number of fused-ring (bicyclic) bond motifs is 3. The van der Waals surface area contributed by atoms with Crippen LogP contribution >= 0.6 is 0 Å². The Morgan fingerprint density at radius 3 is 2.75 bits per heavy atom. The molecule has 0 saturated carbocycles. The van der Waals surface area contributed by atoms with E-state index in [1.807, 2.05) is 42.3 Å². The largest absolute Gasteiger partial charge is 0.497 e. The van der Waals surface area contributed by atoms with Crippen LogP contribution in [0.5, 0.6) is 5.75 Å². The van der Waals surface area contributed by atoms with Crippen LogP contribution in [0.2, 0.25) is 0 Å².